The summed E-state index contributed by atoms with van der Waals surface area (Å²) in [7, 11) is 1.65. The third-order valence-electron chi connectivity index (χ3n) is 3.15. The molecule has 1 heterocycles. The highest BCUT2D eigenvalue weighted by molar-refractivity contribution is 6.30. The number of imidazole rings is 1. The fourth-order valence-electron chi connectivity index (χ4n) is 2.28. The molecule has 3 rings (SSSR count). The van der Waals surface area contributed by atoms with E-state index in [-0.39, 0.29) is 0 Å². The molecule has 0 fully saturated rings. The molecule has 0 spiro atoms. The molecule has 0 radical (unpaired) electrons. The van der Waals surface area contributed by atoms with Gasteiger partial charge in [-0.3, -0.25) is 4.57 Å². The molecular weight excluding hydrogens is 274 g/mol. The maximum Gasteiger partial charge on any atom is 0.143 e. The average molecular weight is 288 g/mol. The molecule has 0 aliphatic carbocycles. The second-order valence-corrected chi connectivity index (χ2v) is 4.94. The van der Waals surface area contributed by atoms with Crippen molar-refractivity contribution < 1.29 is 4.74 Å². The van der Waals surface area contributed by atoms with Gasteiger partial charge in [0, 0.05) is 17.7 Å². The van der Waals surface area contributed by atoms with Crippen LogP contribution in [-0.2, 0) is 11.5 Å². The van der Waals surface area contributed by atoms with Crippen LogP contribution in [0.3, 0.4) is 0 Å². The Morgan fingerprint density at radius 2 is 2.05 bits per heavy atom. The molecule has 0 aliphatic rings. The third kappa shape index (κ3) is 2.13. The van der Waals surface area contributed by atoms with Crippen LogP contribution >= 0.6 is 11.6 Å². The van der Waals surface area contributed by atoms with Gasteiger partial charge >= 0.3 is 0 Å². The number of rotatable bonds is 3. The van der Waals surface area contributed by atoms with Crippen LogP contribution in [-0.4, -0.2) is 16.7 Å². The van der Waals surface area contributed by atoms with Crippen LogP contribution in [0, 0.1) is 0 Å². The second-order valence-electron chi connectivity index (χ2n) is 4.51. The van der Waals surface area contributed by atoms with E-state index in [1.165, 1.54) is 0 Å². The molecule has 3 aromatic rings. The molecule has 5 heteroatoms. The highest BCUT2D eigenvalue weighted by Gasteiger charge is 2.14. The summed E-state index contributed by atoms with van der Waals surface area (Å²) < 4.78 is 7.26. The van der Waals surface area contributed by atoms with Crippen LogP contribution in [0.5, 0.6) is 0 Å². The summed E-state index contributed by atoms with van der Waals surface area (Å²) in [5.74, 6) is 0.794. The molecule has 0 bridgehead atoms. The van der Waals surface area contributed by atoms with Gasteiger partial charge in [-0.15, -0.1) is 0 Å². The Morgan fingerprint density at radius 3 is 2.80 bits per heavy atom. The Labute approximate surface area is 121 Å². The smallest absolute Gasteiger partial charge is 0.143 e. The zero-order valence-electron chi connectivity index (χ0n) is 11.0. The van der Waals surface area contributed by atoms with E-state index in [1.54, 1.807) is 7.11 Å². The Bertz CT molecular complexity index is 767. The van der Waals surface area contributed by atoms with E-state index in [0.29, 0.717) is 17.4 Å². The van der Waals surface area contributed by atoms with E-state index in [2.05, 4.69) is 4.98 Å². The monoisotopic (exact) mass is 287 g/mol. The summed E-state index contributed by atoms with van der Waals surface area (Å²) in [6.45, 7) is 0.405. The molecule has 0 unspecified atom stereocenters. The van der Waals surface area contributed by atoms with Gasteiger partial charge in [0.2, 0.25) is 0 Å². The largest absolute Gasteiger partial charge is 0.397 e. The molecular formula is C15H14ClN3O. The van der Waals surface area contributed by atoms with Gasteiger partial charge in [-0.05, 0) is 24.3 Å². The average Bonchev–Trinajstić information content (AvgIpc) is 2.80. The standard InChI is InChI=1S/C15H14ClN3O/c1-20-9-19-13-7-3-6-12(17)14(13)18-15(19)10-4-2-5-11(16)8-10/h2-8H,9,17H2,1H3. The van der Waals surface area contributed by atoms with Gasteiger partial charge in [0.05, 0.1) is 11.2 Å². The summed E-state index contributed by atoms with van der Waals surface area (Å²) in [6.07, 6.45) is 0. The number of hydrogen-bond donors (Lipinski definition) is 1. The molecule has 0 atom stereocenters. The molecule has 1 aromatic heterocycles. The van der Waals surface area contributed by atoms with Gasteiger partial charge in [0.1, 0.15) is 18.1 Å². The lowest BCUT2D eigenvalue weighted by Gasteiger charge is -2.08. The van der Waals surface area contributed by atoms with Crippen LogP contribution < -0.4 is 5.73 Å². The zero-order valence-corrected chi connectivity index (χ0v) is 11.8. The molecule has 102 valence electrons. The minimum Gasteiger partial charge on any atom is -0.397 e. The van der Waals surface area contributed by atoms with Crippen LogP contribution in [0.25, 0.3) is 22.4 Å². The molecule has 0 saturated carbocycles. The predicted octanol–water partition coefficient (Wildman–Crippen LogP) is 3.54. The number of anilines is 1. The third-order valence-corrected chi connectivity index (χ3v) is 3.39. The molecule has 0 saturated heterocycles. The summed E-state index contributed by atoms with van der Waals surface area (Å²) in [5, 5.41) is 0.673. The summed E-state index contributed by atoms with van der Waals surface area (Å²) in [5.41, 5.74) is 9.31. The molecule has 4 nitrogen and oxygen atoms in total. The lowest BCUT2D eigenvalue weighted by Crippen LogP contribution is -2.02. The first-order valence-corrected chi connectivity index (χ1v) is 6.58. The maximum atomic E-state index is 6.06. The minimum atomic E-state index is 0.405. The van der Waals surface area contributed by atoms with Crippen molar-refractivity contribution in [2.45, 2.75) is 6.73 Å². The fraction of sp³-hybridized carbons (Fsp3) is 0.133. The number of halogens is 1. The Kier molecular flexibility index (Phi) is 3.34. The highest BCUT2D eigenvalue weighted by Crippen LogP contribution is 2.29. The SMILES string of the molecule is COCn1c(-c2cccc(Cl)c2)nc2c(N)cccc21. The van der Waals surface area contributed by atoms with Crippen molar-refractivity contribution in [2.75, 3.05) is 12.8 Å². The van der Waals surface area contributed by atoms with Crippen molar-refractivity contribution in [3.8, 4) is 11.4 Å². The first kappa shape index (κ1) is 13.0. The van der Waals surface area contributed by atoms with Crippen molar-refractivity contribution in [3.05, 3.63) is 47.5 Å². The Hall–Kier alpha value is -2.04. The van der Waals surface area contributed by atoms with Crippen molar-refractivity contribution in [2.24, 2.45) is 0 Å². The zero-order chi connectivity index (χ0) is 14.1. The van der Waals surface area contributed by atoms with Crippen molar-refractivity contribution in [3.63, 3.8) is 0 Å². The van der Waals surface area contributed by atoms with Crippen molar-refractivity contribution in [1.29, 1.82) is 0 Å². The second kappa shape index (κ2) is 5.15. The number of nitrogens with zero attached hydrogens (tertiary/aromatic N) is 2. The van der Waals surface area contributed by atoms with Crippen LogP contribution in [0.15, 0.2) is 42.5 Å². The topological polar surface area (TPSA) is 53.1 Å². The molecule has 2 aromatic carbocycles. The number of aromatic nitrogens is 2. The van der Waals surface area contributed by atoms with E-state index in [9.17, 15) is 0 Å². The quantitative estimate of drug-likeness (QED) is 0.750. The Balaban J connectivity index is 2.29. The van der Waals surface area contributed by atoms with Gasteiger partial charge in [0.15, 0.2) is 0 Å². The van der Waals surface area contributed by atoms with Gasteiger partial charge in [-0.2, -0.15) is 0 Å². The number of hydrogen-bond acceptors (Lipinski definition) is 3. The number of para-hydroxylation sites is 1. The summed E-state index contributed by atoms with van der Waals surface area (Å²) in [6, 6.07) is 13.3. The molecule has 20 heavy (non-hydrogen) atoms. The molecule has 0 aliphatic heterocycles. The van der Waals surface area contributed by atoms with E-state index >= 15 is 0 Å². The van der Waals surface area contributed by atoms with E-state index < -0.39 is 0 Å². The van der Waals surface area contributed by atoms with Crippen LogP contribution in [0.2, 0.25) is 5.02 Å². The number of nitrogen functional groups attached to an aromatic ring is 1. The number of methoxy groups -OCH3 is 1. The number of fused-ring (bicyclic) bond motifs is 1. The number of nitrogens with two attached hydrogens (primary N) is 1. The van der Waals surface area contributed by atoms with Gasteiger partial charge in [-0.1, -0.05) is 29.8 Å². The van der Waals surface area contributed by atoms with Crippen LogP contribution in [0.4, 0.5) is 5.69 Å². The Morgan fingerprint density at radius 1 is 1.25 bits per heavy atom. The van der Waals surface area contributed by atoms with E-state index in [0.717, 1.165) is 22.4 Å². The first-order chi connectivity index (χ1) is 9.70. The number of ether oxygens (including phenoxy) is 1. The van der Waals surface area contributed by atoms with Crippen molar-refractivity contribution in [1.82, 2.24) is 9.55 Å². The highest BCUT2D eigenvalue weighted by atomic mass is 35.5. The lowest BCUT2D eigenvalue weighted by atomic mass is 10.2. The lowest BCUT2D eigenvalue weighted by molar-refractivity contribution is 0.135. The molecule has 0 amide bonds. The van der Waals surface area contributed by atoms with Gasteiger partial charge < -0.3 is 10.5 Å². The maximum absolute atomic E-state index is 6.06. The van der Waals surface area contributed by atoms with E-state index in [1.807, 2.05) is 47.0 Å². The molecule has 2 N–H and O–H groups in total. The van der Waals surface area contributed by atoms with Crippen molar-refractivity contribution >= 4 is 28.3 Å². The van der Waals surface area contributed by atoms with Gasteiger partial charge in [-0.25, -0.2) is 4.98 Å². The number of benzene rings is 2. The van der Waals surface area contributed by atoms with E-state index in [4.69, 9.17) is 22.1 Å². The fourth-order valence-corrected chi connectivity index (χ4v) is 2.47. The summed E-state index contributed by atoms with van der Waals surface area (Å²) >= 11 is 6.06. The van der Waals surface area contributed by atoms with Gasteiger partial charge in [0.25, 0.3) is 0 Å². The normalized spacial score (nSPS) is 11.1. The first-order valence-electron chi connectivity index (χ1n) is 6.20. The minimum absolute atomic E-state index is 0.405. The van der Waals surface area contributed by atoms with Crippen LogP contribution in [0.1, 0.15) is 0 Å². The summed E-state index contributed by atoms with van der Waals surface area (Å²) in [4.78, 5) is 4.64. The predicted molar refractivity (Wildman–Crippen MR) is 81.6 cm³/mol.